The van der Waals surface area contributed by atoms with Crippen molar-refractivity contribution in [2.45, 2.75) is 77.7 Å². The maximum atomic E-state index is 13.7. The van der Waals surface area contributed by atoms with Gasteiger partial charge < -0.3 is 19.4 Å². The fourth-order valence-electron chi connectivity index (χ4n) is 5.28. The van der Waals surface area contributed by atoms with Crippen LogP contribution < -0.4 is 10.9 Å². The monoisotopic (exact) mass is 517 g/mol. The van der Waals surface area contributed by atoms with Crippen molar-refractivity contribution in [2.24, 2.45) is 0 Å². The molecule has 0 saturated carbocycles. The molecule has 1 aliphatic carbocycles. The molecule has 3 aromatic rings. The van der Waals surface area contributed by atoms with Gasteiger partial charge in [0.25, 0.3) is 5.56 Å². The fourth-order valence-corrected chi connectivity index (χ4v) is 5.28. The van der Waals surface area contributed by atoms with Gasteiger partial charge in [-0.15, -0.1) is 0 Å². The number of hydrogen-bond acceptors (Lipinski definition) is 7. The molecule has 2 atom stereocenters. The number of fused-ring (bicyclic) bond motifs is 5. The molecule has 9 nitrogen and oxygen atoms in total. The average molecular weight is 518 g/mol. The molecule has 3 heterocycles. The summed E-state index contributed by atoms with van der Waals surface area (Å²) in [5.41, 5.74) is 1.27. The van der Waals surface area contributed by atoms with E-state index in [0.717, 1.165) is 16.5 Å². The average Bonchev–Trinajstić information content (AvgIpc) is 3.21. The molecular weight excluding hydrogens is 486 g/mol. The molecule has 0 radical (unpaired) electrons. The van der Waals surface area contributed by atoms with Gasteiger partial charge in [-0.1, -0.05) is 25.1 Å². The van der Waals surface area contributed by atoms with E-state index in [4.69, 9.17) is 14.5 Å². The number of nitrogens with one attached hydrogen (secondary N) is 1. The zero-order chi connectivity index (χ0) is 27.4. The Morgan fingerprint density at radius 3 is 2.61 bits per heavy atom. The van der Waals surface area contributed by atoms with Gasteiger partial charge in [-0.25, -0.2) is 14.6 Å². The Hall–Kier alpha value is -4.01. The topological polar surface area (TPSA) is 117 Å². The Morgan fingerprint density at radius 1 is 1.16 bits per heavy atom. The van der Waals surface area contributed by atoms with Crippen molar-refractivity contribution in [3.63, 3.8) is 0 Å². The number of Topliss-reactive ketones (excluding diaryl/α,β-unsaturated/α-hetero) is 1. The first kappa shape index (κ1) is 25.6. The lowest BCUT2D eigenvalue weighted by atomic mass is 9.76. The van der Waals surface area contributed by atoms with Gasteiger partial charge >= 0.3 is 12.1 Å². The van der Waals surface area contributed by atoms with E-state index >= 15 is 0 Å². The Bertz CT molecular complexity index is 1550. The lowest BCUT2D eigenvalue weighted by molar-refractivity contribution is -0.172. The first-order valence-corrected chi connectivity index (χ1v) is 12.9. The fraction of sp³-hybridized carbons (Fsp3) is 0.414. The number of esters is 1. The maximum Gasteiger partial charge on any atom is 0.408 e. The summed E-state index contributed by atoms with van der Waals surface area (Å²) >= 11 is 0. The third-order valence-corrected chi connectivity index (χ3v) is 7.12. The molecule has 5 rings (SSSR count). The number of benzene rings is 1. The van der Waals surface area contributed by atoms with Crippen LogP contribution in [0.15, 0.2) is 41.2 Å². The van der Waals surface area contributed by atoms with E-state index in [1.54, 1.807) is 38.3 Å². The Labute approximate surface area is 220 Å². The van der Waals surface area contributed by atoms with Crippen LogP contribution in [0.2, 0.25) is 0 Å². The second-order valence-corrected chi connectivity index (χ2v) is 10.9. The molecule has 0 spiro atoms. The molecule has 198 valence electrons. The number of carbonyl (C=O) groups is 3. The predicted molar refractivity (Wildman–Crippen MR) is 141 cm³/mol. The summed E-state index contributed by atoms with van der Waals surface area (Å²) in [5, 5.41) is 3.45. The van der Waals surface area contributed by atoms with Crippen LogP contribution in [0.3, 0.4) is 0 Å². The number of ether oxygens (including phenoxy) is 2. The van der Waals surface area contributed by atoms with Crippen LogP contribution in [0.1, 0.15) is 64.2 Å². The molecule has 38 heavy (non-hydrogen) atoms. The van der Waals surface area contributed by atoms with Gasteiger partial charge in [-0.05, 0) is 58.7 Å². The largest absolute Gasteiger partial charge is 0.445 e. The minimum absolute atomic E-state index is 0.0751. The number of ketones is 1. The van der Waals surface area contributed by atoms with Gasteiger partial charge in [0.1, 0.15) is 11.6 Å². The van der Waals surface area contributed by atoms with E-state index in [9.17, 15) is 19.2 Å². The molecule has 0 bridgehead atoms. The Kier molecular flexibility index (Phi) is 6.12. The van der Waals surface area contributed by atoms with Crippen molar-refractivity contribution < 1.29 is 23.9 Å². The van der Waals surface area contributed by atoms with Crippen molar-refractivity contribution >= 4 is 28.7 Å². The number of pyridine rings is 2. The zero-order valence-corrected chi connectivity index (χ0v) is 22.2. The minimum Gasteiger partial charge on any atom is -0.445 e. The maximum absolute atomic E-state index is 13.7. The lowest BCUT2D eigenvalue weighted by Crippen LogP contribution is -2.50. The number of hydrogen-bond donors (Lipinski definition) is 1. The van der Waals surface area contributed by atoms with Crippen LogP contribution in [0.4, 0.5) is 4.79 Å². The van der Waals surface area contributed by atoms with Gasteiger partial charge in [0.05, 0.1) is 23.4 Å². The highest BCUT2D eigenvalue weighted by molar-refractivity contribution is 5.94. The summed E-state index contributed by atoms with van der Waals surface area (Å²) in [6, 6.07) is 10.5. The Morgan fingerprint density at radius 2 is 1.89 bits per heavy atom. The van der Waals surface area contributed by atoms with Crippen LogP contribution in [0.5, 0.6) is 0 Å². The van der Waals surface area contributed by atoms with Crippen LogP contribution >= 0.6 is 0 Å². The SMILES string of the molecule is CC[C@@]1(OC(=O)C(C)NC(=O)OC(C)(C)C)C(=O)CCc2c1cc1n(c2=O)Cc2cc3ccccc3nc2-1. The predicted octanol–water partition coefficient (Wildman–Crippen LogP) is 4.00. The van der Waals surface area contributed by atoms with E-state index in [0.29, 0.717) is 29.1 Å². The summed E-state index contributed by atoms with van der Waals surface area (Å²) in [7, 11) is 0. The molecule has 0 saturated heterocycles. The van der Waals surface area contributed by atoms with E-state index in [1.807, 2.05) is 30.3 Å². The number of aromatic nitrogens is 2. The third kappa shape index (κ3) is 4.25. The molecule has 1 aromatic carbocycles. The minimum atomic E-state index is -1.64. The highest BCUT2D eigenvalue weighted by atomic mass is 16.6. The number of rotatable bonds is 4. The first-order chi connectivity index (χ1) is 17.9. The highest BCUT2D eigenvalue weighted by Crippen LogP contribution is 2.41. The number of nitrogens with zero attached hydrogens (tertiary/aromatic N) is 2. The molecular formula is C29H31N3O6. The normalized spacial score (nSPS) is 18.8. The first-order valence-electron chi connectivity index (χ1n) is 12.9. The van der Waals surface area contributed by atoms with Crippen molar-refractivity contribution in [2.75, 3.05) is 0 Å². The quantitative estimate of drug-likeness (QED) is 0.407. The van der Waals surface area contributed by atoms with Gasteiger partial charge in [-0.2, -0.15) is 0 Å². The van der Waals surface area contributed by atoms with E-state index in [1.165, 1.54) is 6.92 Å². The summed E-state index contributed by atoms with van der Waals surface area (Å²) in [6.45, 7) is 8.74. The van der Waals surface area contributed by atoms with Crippen molar-refractivity contribution in [1.82, 2.24) is 14.9 Å². The molecule has 0 fully saturated rings. The summed E-state index contributed by atoms with van der Waals surface area (Å²) in [5.74, 6) is -1.07. The molecule has 1 aliphatic heterocycles. The number of alkyl carbamates (subject to hydrolysis) is 1. The van der Waals surface area contributed by atoms with Crippen molar-refractivity contribution in [1.29, 1.82) is 0 Å². The third-order valence-electron chi connectivity index (χ3n) is 7.12. The molecule has 1 amide bonds. The Balaban J connectivity index is 1.54. The van der Waals surface area contributed by atoms with Crippen LogP contribution in [0, 0.1) is 0 Å². The highest BCUT2D eigenvalue weighted by Gasteiger charge is 2.48. The van der Waals surface area contributed by atoms with Crippen molar-refractivity contribution in [3.8, 4) is 11.4 Å². The standard InChI is InChI=1S/C29H31N3O6/c1-6-29(37-26(35)16(2)30-27(36)38-28(3,4)5)20-14-22-24-18(13-17-9-7-8-10-21(17)31-24)15-32(22)25(34)19(20)11-12-23(29)33/h7-10,13-14,16H,6,11-12,15H2,1-5H3,(H,30,36)/t16?,29-/m0/s1. The number of para-hydroxylation sites is 1. The van der Waals surface area contributed by atoms with Crippen LogP contribution in [-0.2, 0) is 37.6 Å². The van der Waals surface area contributed by atoms with Crippen LogP contribution in [0.25, 0.3) is 22.3 Å². The molecule has 9 heteroatoms. The van der Waals surface area contributed by atoms with E-state index in [-0.39, 0.29) is 30.6 Å². The van der Waals surface area contributed by atoms with E-state index < -0.39 is 29.3 Å². The lowest BCUT2D eigenvalue weighted by Gasteiger charge is -2.37. The number of amides is 1. The van der Waals surface area contributed by atoms with Crippen molar-refractivity contribution in [3.05, 3.63) is 63.4 Å². The van der Waals surface area contributed by atoms with Crippen LogP contribution in [-0.4, -0.2) is 39.0 Å². The molecule has 1 N–H and O–H groups in total. The van der Waals surface area contributed by atoms with Gasteiger partial charge in [0.2, 0.25) is 0 Å². The molecule has 2 aliphatic rings. The molecule has 2 aromatic heterocycles. The summed E-state index contributed by atoms with van der Waals surface area (Å²) in [6.07, 6.45) is -0.283. The van der Waals surface area contributed by atoms with E-state index in [2.05, 4.69) is 5.32 Å². The second kappa shape index (κ2) is 9.08. The smallest absolute Gasteiger partial charge is 0.408 e. The second-order valence-electron chi connectivity index (χ2n) is 10.9. The van der Waals surface area contributed by atoms with Gasteiger partial charge in [0, 0.05) is 28.5 Å². The summed E-state index contributed by atoms with van der Waals surface area (Å²) in [4.78, 5) is 57.3. The van der Waals surface area contributed by atoms with Gasteiger partial charge in [-0.3, -0.25) is 9.59 Å². The summed E-state index contributed by atoms with van der Waals surface area (Å²) < 4.78 is 12.8. The number of carbonyl (C=O) groups excluding carboxylic acids is 3. The molecule has 1 unspecified atom stereocenters. The van der Waals surface area contributed by atoms with Gasteiger partial charge in [0.15, 0.2) is 11.4 Å². The zero-order valence-electron chi connectivity index (χ0n) is 22.2.